The minimum absolute atomic E-state index is 0.120. The quantitative estimate of drug-likeness (QED) is 0.216. The second kappa shape index (κ2) is 10.9. The molecule has 1 atom stereocenters. The van der Waals surface area contributed by atoms with Gasteiger partial charge in [0.1, 0.15) is 21.3 Å². The number of nitrogens with zero attached hydrogens (tertiary/aromatic N) is 1. The number of furan rings is 2. The van der Waals surface area contributed by atoms with Crippen molar-refractivity contribution in [2.24, 2.45) is 0 Å². The highest BCUT2D eigenvalue weighted by Crippen LogP contribution is 2.37. The second-order valence-corrected chi connectivity index (χ2v) is 9.79. The zero-order chi connectivity index (χ0) is 25.8. The first-order valence-electron chi connectivity index (χ1n) is 10.9. The fourth-order valence-electron chi connectivity index (χ4n) is 3.37. The van der Waals surface area contributed by atoms with Gasteiger partial charge in [-0.2, -0.15) is 0 Å². The van der Waals surface area contributed by atoms with Crippen molar-refractivity contribution in [2.75, 3.05) is 19.0 Å². The van der Waals surface area contributed by atoms with E-state index in [4.69, 9.17) is 18.3 Å². The first kappa shape index (κ1) is 25.3. The topological polar surface area (TPSA) is 137 Å². The van der Waals surface area contributed by atoms with Gasteiger partial charge in [-0.1, -0.05) is 11.8 Å². The predicted octanol–water partition coefficient (Wildman–Crippen LogP) is 5.38. The van der Waals surface area contributed by atoms with Crippen LogP contribution in [0.15, 0.2) is 50.8 Å². The molecular weight excluding hydrogens is 506 g/mol. The van der Waals surface area contributed by atoms with Crippen LogP contribution in [0.25, 0.3) is 22.9 Å². The number of rotatable bonds is 9. The van der Waals surface area contributed by atoms with Gasteiger partial charge >= 0.3 is 11.9 Å². The van der Waals surface area contributed by atoms with Crippen LogP contribution in [0.1, 0.15) is 39.4 Å². The number of esters is 2. The minimum Gasteiger partial charge on any atom is -0.465 e. The number of carbonyl (C=O) groups excluding carboxylic acids is 3. The van der Waals surface area contributed by atoms with Gasteiger partial charge in [0.15, 0.2) is 16.7 Å². The molecule has 0 fully saturated rings. The fraction of sp³-hybridized carbons (Fsp3) is 0.250. The number of aromatic nitrogens is 2. The molecule has 0 radical (unpaired) electrons. The number of aromatic amines is 1. The Morgan fingerprint density at radius 2 is 1.86 bits per heavy atom. The number of amides is 1. The van der Waals surface area contributed by atoms with E-state index in [-0.39, 0.29) is 22.0 Å². The van der Waals surface area contributed by atoms with Crippen molar-refractivity contribution in [1.29, 1.82) is 0 Å². The van der Waals surface area contributed by atoms with Crippen molar-refractivity contribution in [1.82, 2.24) is 9.97 Å². The highest BCUT2D eigenvalue weighted by Gasteiger charge is 2.29. The van der Waals surface area contributed by atoms with Gasteiger partial charge in [-0.3, -0.25) is 4.79 Å². The summed E-state index contributed by atoms with van der Waals surface area (Å²) in [6, 6.07) is 7.09. The Morgan fingerprint density at radius 3 is 2.47 bits per heavy atom. The molecule has 4 aromatic heterocycles. The third-order valence-corrected chi connectivity index (χ3v) is 7.27. The van der Waals surface area contributed by atoms with Gasteiger partial charge in [0.05, 0.1) is 37.1 Å². The molecule has 4 heterocycles. The third kappa shape index (κ3) is 5.09. The Kier molecular flexibility index (Phi) is 7.65. The normalized spacial score (nSPS) is 11.8. The lowest BCUT2D eigenvalue weighted by molar-refractivity contribution is -0.115. The Hall–Kier alpha value is -3.77. The molecular formula is C24H23N3O7S2. The zero-order valence-corrected chi connectivity index (χ0v) is 21.5. The van der Waals surface area contributed by atoms with Crippen molar-refractivity contribution >= 4 is 45.9 Å². The third-order valence-electron chi connectivity index (χ3n) is 5.10. The first-order valence-corrected chi connectivity index (χ1v) is 12.6. The number of hydrogen-bond acceptors (Lipinski definition) is 10. The summed E-state index contributed by atoms with van der Waals surface area (Å²) in [6.45, 7) is 5.18. The smallest absolute Gasteiger partial charge is 0.348 e. The molecule has 0 aromatic carbocycles. The molecule has 4 rings (SSSR count). The second-order valence-electron chi connectivity index (χ2n) is 7.44. The number of thioether (sulfide) groups is 1. The predicted molar refractivity (Wildman–Crippen MR) is 134 cm³/mol. The van der Waals surface area contributed by atoms with Crippen molar-refractivity contribution in [2.45, 2.75) is 31.2 Å². The van der Waals surface area contributed by atoms with E-state index in [9.17, 15) is 14.4 Å². The van der Waals surface area contributed by atoms with E-state index in [1.807, 2.05) is 0 Å². The summed E-state index contributed by atoms with van der Waals surface area (Å²) in [7, 11) is 1.23. The Morgan fingerprint density at radius 1 is 1.17 bits per heavy atom. The summed E-state index contributed by atoms with van der Waals surface area (Å²) in [5.74, 6) is -0.505. The molecule has 1 amide bonds. The lowest BCUT2D eigenvalue weighted by Crippen LogP contribution is -2.23. The molecule has 12 heteroatoms. The number of thiophene rings is 1. The summed E-state index contributed by atoms with van der Waals surface area (Å²) < 4.78 is 21.0. The van der Waals surface area contributed by atoms with Gasteiger partial charge in [0.2, 0.25) is 5.91 Å². The molecule has 36 heavy (non-hydrogen) atoms. The molecule has 10 nitrogen and oxygen atoms in total. The zero-order valence-electron chi connectivity index (χ0n) is 19.9. The lowest BCUT2D eigenvalue weighted by Gasteiger charge is -2.10. The van der Waals surface area contributed by atoms with Crippen LogP contribution in [-0.2, 0) is 14.3 Å². The van der Waals surface area contributed by atoms with Crippen molar-refractivity contribution in [3.8, 4) is 22.9 Å². The number of ether oxygens (including phenoxy) is 2. The van der Waals surface area contributed by atoms with Crippen LogP contribution in [-0.4, -0.2) is 46.8 Å². The maximum Gasteiger partial charge on any atom is 0.348 e. The molecule has 0 aliphatic rings. The van der Waals surface area contributed by atoms with Crippen LogP contribution in [0, 0.1) is 6.92 Å². The van der Waals surface area contributed by atoms with Crippen molar-refractivity contribution in [3.05, 3.63) is 52.8 Å². The molecule has 2 N–H and O–H groups in total. The van der Waals surface area contributed by atoms with Crippen LogP contribution in [0.4, 0.5) is 5.00 Å². The summed E-state index contributed by atoms with van der Waals surface area (Å²) in [6.07, 6.45) is 3.10. The highest BCUT2D eigenvalue weighted by molar-refractivity contribution is 8.00. The average Bonchev–Trinajstić information content (AvgIpc) is 3.65. The van der Waals surface area contributed by atoms with Crippen molar-refractivity contribution in [3.63, 3.8) is 0 Å². The number of H-pyrrole nitrogens is 1. The number of anilines is 1. The summed E-state index contributed by atoms with van der Waals surface area (Å²) in [5, 5.41) is 2.82. The molecule has 1 unspecified atom stereocenters. The maximum absolute atomic E-state index is 13.1. The van der Waals surface area contributed by atoms with E-state index in [1.54, 1.807) is 57.6 Å². The largest absolute Gasteiger partial charge is 0.465 e. The number of imidazole rings is 1. The van der Waals surface area contributed by atoms with Gasteiger partial charge < -0.3 is 28.6 Å². The molecule has 0 saturated carbocycles. The molecule has 0 saturated heterocycles. The standard InChI is InChI=1S/C24H23N3O7S2/c1-5-32-23(30)19-12(2)16(22(29)31-4)21(36-19)27-20(28)13(3)35-24-25-17(14-8-6-10-33-14)18(26-24)15-9-7-11-34-15/h6-11,13H,5H2,1-4H3,(H,25,26)(H,27,28). The Labute approximate surface area is 214 Å². The van der Waals surface area contributed by atoms with Gasteiger partial charge in [0, 0.05) is 0 Å². The van der Waals surface area contributed by atoms with Crippen LogP contribution in [0.2, 0.25) is 0 Å². The van der Waals surface area contributed by atoms with E-state index in [2.05, 4.69) is 15.3 Å². The highest BCUT2D eigenvalue weighted by atomic mass is 32.2. The van der Waals surface area contributed by atoms with E-state index < -0.39 is 23.1 Å². The number of carbonyl (C=O) groups is 3. The van der Waals surface area contributed by atoms with Crippen LogP contribution < -0.4 is 5.32 Å². The van der Waals surface area contributed by atoms with Gasteiger partial charge in [0.25, 0.3) is 0 Å². The first-order chi connectivity index (χ1) is 17.3. The average molecular weight is 530 g/mol. The fourth-order valence-corrected chi connectivity index (χ4v) is 5.27. The summed E-state index contributed by atoms with van der Waals surface area (Å²) >= 11 is 2.15. The Bertz CT molecular complexity index is 1320. The maximum atomic E-state index is 13.1. The molecule has 0 aliphatic carbocycles. The molecule has 4 aromatic rings. The van der Waals surface area contributed by atoms with Crippen LogP contribution in [0.5, 0.6) is 0 Å². The van der Waals surface area contributed by atoms with E-state index in [1.165, 1.54) is 18.9 Å². The minimum atomic E-state index is -0.660. The number of nitrogens with one attached hydrogen (secondary N) is 2. The molecule has 188 valence electrons. The van der Waals surface area contributed by atoms with E-state index in [0.717, 1.165) is 11.3 Å². The van der Waals surface area contributed by atoms with Crippen molar-refractivity contribution < 1.29 is 32.7 Å². The SMILES string of the molecule is CCOC(=O)c1sc(NC(=O)C(C)Sc2nc(-c3ccco3)c(-c3ccco3)[nH]2)c(C(=O)OC)c1C. The van der Waals surface area contributed by atoms with E-state index in [0.29, 0.717) is 33.6 Å². The summed E-state index contributed by atoms with van der Waals surface area (Å²) in [5.41, 5.74) is 1.67. The van der Waals surface area contributed by atoms with E-state index >= 15 is 0 Å². The molecule has 0 spiro atoms. The number of methoxy groups -OCH3 is 1. The molecule has 0 aliphatic heterocycles. The number of hydrogen-bond donors (Lipinski definition) is 2. The van der Waals surface area contributed by atoms with Gasteiger partial charge in [-0.15, -0.1) is 11.3 Å². The van der Waals surface area contributed by atoms with Crippen LogP contribution >= 0.6 is 23.1 Å². The van der Waals surface area contributed by atoms with Crippen LogP contribution in [0.3, 0.4) is 0 Å². The lowest BCUT2D eigenvalue weighted by atomic mass is 10.1. The molecule has 0 bridgehead atoms. The van der Waals surface area contributed by atoms with Gasteiger partial charge in [-0.05, 0) is 50.6 Å². The monoisotopic (exact) mass is 529 g/mol. The van der Waals surface area contributed by atoms with Gasteiger partial charge in [-0.25, -0.2) is 14.6 Å². The summed E-state index contributed by atoms with van der Waals surface area (Å²) in [4.78, 5) is 45.8. The Balaban J connectivity index is 1.57.